The first-order valence-corrected chi connectivity index (χ1v) is 12.2. The normalized spacial score (nSPS) is 15.2. The number of nitrogens with one attached hydrogen (secondary N) is 1. The van der Waals surface area contributed by atoms with Crippen LogP contribution in [0.1, 0.15) is 62.1 Å². The largest absolute Gasteiger partial charge is 0.352 e. The van der Waals surface area contributed by atoms with Crippen LogP contribution < -0.4 is 5.32 Å². The average molecular weight is 475 g/mol. The van der Waals surface area contributed by atoms with Gasteiger partial charge in [0.1, 0.15) is 6.04 Å². The van der Waals surface area contributed by atoms with E-state index in [0.717, 1.165) is 36.8 Å². The molecule has 1 fully saturated rings. The van der Waals surface area contributed by atoms with Crippen LogP contribution in [-0.2, 0) is 22.6 Å². The zero-order chi connectivity index (χ0) is 23.1. The van der Waals surface area contributed by atoms with Crippen LogP contribution in [0.3, 0.4) is 0 Å². The van der Waals surface area contributed by atoms with Crippen molar-refractivity contribution in [1.29, 1.82) is 0 Å². The first-order chi connectivity index (χ1) is 15.4. The number of carbonyl (C=O) groups is 2. The van der Waals surface area contributed by atoms with Gasteiger partial charge in [-0.25, -0.2) is 0 Å². The Morgan fingerprint density at radius 3 is 2.25 bits per heavy atom. The van der Waals surface area contributed by atoms with Gasteiger partial charge in [-0.3, -0.25) is 9.59 Å². The summed E-state index contributed by atoms with van der Waals surface area (Å²) in [7, 11) is 0. The zero-order valence-corrected chi connectivity index (χ0v) is 20.4. The Morgan fingerprint density at radius 2 is 1.66 bits per heavy atom. The number of hydrogen-bond donors (Lipinski definition) is 1. The molecule has 0 unspecified atom stereocenters. The molecule has 0 saturated heterocycles. The molecule has 2 aromatic rings. The molecule has 1 aliphatic carbocycles. The van der Waals surface area contributed by atoms with Gasteiger partial charge in [0.2, 0.25) is 11.8 Å². The van der Waals surface area contributed by atoms with Crippen LogP contribution in [0.5, 0.6) is 0 Å². The fourth-order valence-electron chi connectivity index (χ4n) is 4.30. The summed E-state index contributed by atoms with van der Waals surface area (Å²) >= 11 is 12.8. The van der Waals surface area contributed by atoms with Gasteiger partial charge in [0, 0.05) is 28.2 Å². The van der Waals surface area contributed by atoms with Crippen LogP contribution in [0.4, 0.5) is 0 Å². The molecular formula is C26H32Cl2N2O2. The maximum atomic E-state index is 13.5. The van der Waals surface area contributed by atoms with Gasteiger partial charge in [0.05, 0.1) is 6.42 Å². The monoisotopic (exact) mass is 474 g/mol. The zero-order valence-electron chi connectivity index (χ0n) is 18.9. The Hall–Kier alpha value is -2.04. The van der Waals surface area contributed by atoms with Gasteiger partial charge in [-0.05, 0) is 43.9 Å². The third-order valence-electron chi connectivity index (χ3n) is 6.20. The van der Waals surface area contributed by atoms with E-state index in [4.69, 9.17) is 23.2 Å². The lowest BCUT2D eigenvalue weighted by Gasteiger charge is -2.33. The van der Waals surface area contributed by atoms with Gasteiger partial charge in [-0.1, -0.05) is 85.3 Å². The van der Waals surface area contributed by atoms with Crippen molar-refractivity contribution in [2.45, 2.75) is 77.4 Å². The molecule has 0 radical (unpaired) electrons. The molecule has 172 valence electrons. The van der Waals surface area contributed by atoms with Crippen LogP contribution >= 0.6 is 23.2 Å². The lowest BCUT2D eigenvalue weighted by atomic mass is 9.95. The van der Waals surface area contributed by atoms with Gasteiger partial charge < -0.3 is 10.2 Å². The smallest absolute Gasteiger partial charge is 0.243 e. The molecule has 6 heteroatoms. The standard InChI is InChI=1S/C26H32Cl2N2O2/c1-3-24(26(32)29-20-8-5-4-6-9-20)30(17-21-22(27)10-7-11-23(21)28)25(31)16-19-14-12-18(2)13-15-19/h7,10-15,20,24H,3-6,8-9,16-17H2,1-2H3,(H,29,32)/t24-/m0/s1. The van der Waals surface area contributed by atoms with Crippen LogP contribution in [0.25, 0.3) is 0 Å². The predicted molar refractivity (Wildman–Crippen MR) is 131 cm³/mol. The summed E-state index contributed by atoms with van der Waals surface area (Å²) in [6.45, 7) is 4.14. The SMILES string of the molecule is CC[C@@H](C(=O)NC1CCCCC1)N(Cc1c(Cl)cccc1Cl)C(=O)Cc1ccc(C)cc1. The molecule has 0 heterocycles. The summed E-state index contributed by atoms with van der Waals surface area (Å²) in [5.74, 6) is -0.213. The first kappa shape index (κ1) is 24.6. The second-order valence-electron chi connectivity index (χ2n) is 8.65. The minimum atomic E-state index is -0.581. The number of hydrogen-bond acceptors (Lipinski definition) is 2. The number of nitrogens with zero attached hydrogens (tertiary/aromatic N) is 1. The summed E-state index contributed by atoms with van der Waals surface area (Å²) in [4.78, 5) is 28.4. The molecule has 1 saturated carbocycles. The summed E-state index contributed by atoms with van der Waals surface area (Å²) < 4.78 is 0. The van der Waals surface area contributed by atoms with E-state index in [1.807, 2.05) is 38.1 Å². The molecule has 2 amide bonds. The van der Waals surface area contributed by atoms with Gasteiger partial charge in [0.25, 0.3) is 0 Å². The van der Waals surface area contributed by atoms with Crippen molar-refractivity contribution in [3.05, 3.63) is 69.2 Å². The third kappa shape index (κ3) is 6.49. The molecule has 1 aliphatic rings. The van der Waals surface area contributed by atoms with E-state index in [9.17, 15) is 9.59 Å². The van der Waals surface area contributed by atoms with Crippen LogP contribution in [0.15, 0.2) is 42.5 Å². The molecule has 2 aromatic carbocycles. The Bertz CT molecular complexity index is 904. The van der Waals surface area contributed by atoms with Crippen molar-refractivity contribution in [1.82, 2.24) is 10.2 Å². The summed E-state index contributed by atoms with van der Waals surface area (Å²) in [5.41, 5.74) is 2.72. The van der Waals surface area contributed by atoms with E-state index < -0.39 is 6.04 Å². The summed E-state index contributed by atoms with van der Waals surface area (Å²) in [5, 5.41) is 4.18. The third-order valence-corrected chi connectivity index (χ3v) is 6.91. The molecule has 0 aliphatic heterocycles. The van der Waals surface area contributed by atoms with E-state index in [1.54, 1.807) is 23.1 Å². The second kappa shape index (κ2) is 11.7. The van der Waals surface area contributed by atoms with E-state index in [1.165, 1.54) is 6.42 Å². The molecule has 32 heavy (non-hydrogen) atoms. The molecule has 1 atom stereocenters. The first-order valence-electron chi connectivity index (χ1n) is 11.5. The lowest BCUT2D eigenvalue weighted by molar-refractivity contribution is -0.141. The van der Waals surface area contributed by atoms with Gasteiger partial charge >= 0.3 is 0 Å². The topological polar surface area (TPSA) is 49.4 Å². The molecule has 3 rings (SSSR count). The Labute approximate surface area is 201 Å². The number of amides is 2. The fourth-order valence-corrected chi connectivity index (χ4v) is 4.82. The van der Waals surface area contributed by atoms with Crippen molar-refractivity contribution in [3.8, 4) is 0 Å². The highest BCUT2D eigenvalue weighted by Crippen LogP contribution is 2.27. The van der Waals surface area contributed by atoms with E-state index in [2.05, 4.69) is 5.32 Å². The van der Waals surface area contributed by atoms with Gasteiger partial charge in [-0.2, -0.15) is 0 Å². The van der Waals surface area contributed by atoms with Crippen molar-refractivity contribution < 1.29 is 9.59 Å². The van der Waals surface area contributed by atoms with Crippen LogP contribution in [0, 0.1) is 6.92 Å². The Morgan fingerprint density at radius 1 is 1.03 bits per heavy atom. The van der Waals surface area contributed by atoms with Crippen LogP contribution in [0.2, 0.25) is 10.0 Å². The van der Waals surface area contributed by atoms with Crippen molar-refractivity contribution in [2.75, 3.05) is 0 Å². The van der Waals surface area contributed by atoms with Crippen molar-refractivity contribution in [3.63, 3.8) is 0 Å². The molecule has 1 N–H and O–H groups in total. The van der Waals surface area contributed by atoms with E-state index in [-0.39, 0.29) is 30.8 Å². The maximum Gasteiger partial charge on any atom is 0.243 e. The average Bonchev–Trinajstić information content (AvgIpc) is 2.77. The van der Waals surface area contributed by atoms with Gasteiger partial charge in [0.15, 0.2) is 0 Å². The molecule has 0 aromatic heterocycles. The quantitative estimate of drug-likeness (QED) is 0.502. The number of aryl methyl sites for hydroxylation is 1. The number of rotatable bonds is 8. The number of benzene rings is 2. The minimum Gasteiger partial charge on any atom is -0.352 e. The lowest BCUT2D eigenvalue weighted by Crippen LogP contribution is -2.52. The minimum absolute atomic E-state index is 0.0974. The van der Waals surface area contributed by atoms with Crippen molar-refractivity contribution >= 4 is 35.0 Å². The second-order valence-corrected chi connectivity index (χ2v) is 9.47. The predicted octanol–water partition coefficient (Wildman–Crippen LogP) is 6.10. The molecule has 4 nitrogen and oxygen atoms in total. The Kier molecular flexibility index (Phi) is 9.01. The fraction of sp³-hybridized carbons (Fsp3) is 0.462. The summed E-state index contributed by atoms with van der Waals surface area (Å²) in [6, 6.07) is 12.8. The molecule has 0 bridgehead atoms. The highest BCUT2D eigenvalue weighted by atomic mass is 35.5. The van der Waals surface area contributed by atoms with E-state index >= 15 is 0 Å². The van der Waals surface area contributed by atoms with Crippen LogP contribution in [-0.4, -0.2) is 28.8 Å². The molecule has 0 spiro atoms. The van der Waals surface area contributed by atoms with Crippen molar-refractivity contribution in [2.24, 2.45) is 0 Å². The molecular weight excluding hydrogens is 443 g/mol. The highest BCUT2D eigenvalue weighted by Gasteiger charge is 2.31. The van der Waals surface area contributed by atoms with E-state index in [0.29, 0.717) is 22.0 Å². The highest BCUT2D eigenvalue weighted by molar-refractivity contribution is 6.36. The maximum absolute atomic E-state index is 13.5. The number of halogens is 2. The summed E-state index contributed by atoms with van der Waals surface area (Å²) in [6.07, 6.45) is 6.21. The van der Waals surface area contributed by atoms with Gasteiger partial charge in [-0.15, -0.1) is 0 Å². The Balaban J connectivity index is 1.85. The number of carbonyl (C=O) groups excluding carboxylic acids is 2.